The van der Waals surface area contributed by atoms with Gasteiger partial charge in [-0.3, -0.25) is 4.79 Å². The van der Waals surface area contributed by atoms with Crippen molar-refractivity contribution in [2.75, 3.05) is 6.61 Å². The van der Waals surface area contributed by atoms with Crippen molar-refractivity contribution in [3.8, 4) is 17.5 Å². The smallest absolute Gasteiger partial charge is 0.198 e. The zero-order valence-corrected chi connectivity index (χ0v) is 13.5. The number of aromatic nitrogens is 2. The molecule has 0 spiro atoms. The fourth-order valence-corrected chi connectivity index (χ4v) is 2.83. The lowest BCUT2D eigenvalue weighted by Gasteiger charge is -2.16. The minimum atomic E-state index is -1.39. The van der Waals surface area contributed by atoms with Gasteiger partial charge >= 0.3 is 0 Å². The number of benzene rings is 1. The maximum Gasteiger partial charge on any atom is 0.198 e. The summed E-state index contributed by atoms with van der Waals surface area (Å²) in [6.07, 6.45) is 0.306. The number of aliphatic hydroxyl groups is 1. The average Bonchev–Trinajstić information content (AvgIpc) is 3.09. The molecule has 0 radical (unpaired) electrons. The third kappa shape index (κ3) is 2.59. The first kappa shape index (κ1) is 16.3. The van der Waals surface area contributed by atoms with Crippen molar-refractivity contribution in [2.45, 2.75) is 13.2 Å². The molecule has 7 heteroatoms. The number of fused-ring (bicyclic) bond motifs is 1. The van der Waals surface area contributed by atoms with Gasteiger partial charge in [-0.15, -0.1) is 0 Å². The van der Waals surface area contributed by atoms with Crippen LogP contribution in [0.3, 0.4) is 0 Å². The Bertz CT molecular complexity index is 987. The highest BCUT2D eigenvalue weighted by atomic mass is 35.5. The Morgan fingerprint density at radius 3 is 2.83 bits per heavy atom. The average molecular weight is 344 g/mol. The monoisotopic (exact) mass is 343 g/mol. The fraction of sp³-hybridized carbons (Fsp3) is 0.176. The van der Waals surface area contributed by atoms with E-state index in [1.807, 2.05) is 6.07 Å². The largest absolute Gasteiger partial charge is 0.364 e. The van der Waals surface area contributed by atoms with Gasteiger partial charge in [0, 0.05) is 18.2 Å². The van der Waals surface area contributed by atoms with Gasteiger partial charge in [-0.25, -0.2) is 0 Å². The van der Waals surface area contributed by atoms with Crippen LogP contribution in [0.5, 0.6) is 0 Å². The van der Waals surface area contributed by atoms with Crippen LogP contribution in [-0.4, -0.2) is 21.7 Å². The van der Waals surface area contributed by atoms with Gasteiger partial charge in [-0.1, -0.05) is 11.6 Å². The van der Waals surface area contributed by atoms with Crippen molar-refractivity contribution in [1.82, 2.24) is 9.97 Å². The second-order valence-electron chi connectivity index (χ2n) is 5.09. The Hall–Kier alpha value is -2.59. The molecule has 24 heavy (non-hydrogen) atoms. The second-order valence-corrected chi connectivity index (χ2v) is 5.50. The molecule has 2 aromatic heterocycles. The highest BCUT2D eigenvalue weighted by Crippen LogP contribution is 2.29. The predicted molar refractivity (Wildman–Crippen MR) is 90.7 cm³/mol. The molecule has 3 aromatic rings. The van der Waals surface area contributed by atoms with Gasteiger partial charge in [0.25, 0.3) is 0 Å². The molecule has 1 unspecified atom stereocenters. The van der Waals surface area contributed by atoms with Crippen molar-refractivity contribution >= 4 is 22.5 Å². The molecule has 122 valence electrons. The SMILES string of the molecule is CCOC(O)c1c(-c2ccc[nH]2)[nH]c2c(C#N)c(Cl)ccc2c1=O. The molecular formula is C17H14ClN3O3. The summed E-state index contributed by atoms with van der Waals surface area (Å²) in [5.41, 5.74) is 1.12. The van der Waals surface area contributed by atoms with Gasteiger partial charge in [0.1, 0.15) is 6.07 Å². The minimum Gasteiger partial charge on any atom is -0.364 e. The first-order chi connectivity index (χ1) is 11.6. The summed E-state index contributed by atoms with van der Waals surface area (Å²) in [6, 6.07) is 8.53. The molecule has 2 heterocycles. The number of hydrogen-bond acceptors (Lipinski definition) is 4. The van der Waals surface area contributed by atoms with Crippen LogP contribution in [0.15, 0.2) is 35.3 Å². The molecule has 0 saturated carbocycles. The topological polar surface area (TPSA) is 102 Å². The van der Waals surface area contributed by atoms with E-state index in [-0.39, 0.29) is 28.1 Å². The number of nitriles is 1. The maximum atomic E-state index is 12.9. The Kier molecular flexibility index (Phi) is 4.40. The Balaban J connectivity index is 2.43. The third-order valence-electron chi connectivity index (χ3n) is 3.71. The van der Waals surface area contributed by atoms with E-state index in [1.165, 1.54) is 12.1 Å². The number of nitrogens with zero attached hydrogens (tertiary/aromatic N) is 1. The predicted octanol–water partition coefficient (Wildman–Crippen LogP) is 3.08. The van der Waals surface area contributed by atoms with Crippen molar-refractivity contribution < 1.29 is 9.84 Å². The molecule has 6 nitrogen and oxygen atoms in total. The molecule has 1 atom stereocenters. The molecule has 0 bridgehead atoms. The molecule has 1 aromatic carbocycles. The maximum absolute atomic E-state index is 12.9. The number of halogens is 1. The second kappa shape index (κ2) is 6.49. The van der Waals surface area contributed by atoms with Crippen LogP contribution >= 0.6 is 11.6 Å². The van der Waals surface area contributed by atoms with Crippen LogP contribution in [0.1, 0.15) is 24.3 Å². The number of rotatable bonds is 4. The van der Waals surface area contributed by atoms with E-state index in [4.69, 9.17) is 16.3 Å². The van der Waals surface area contributed by atoms with Crippen molar-refractivity contribution in [3.05, 3.63) is 56.8 Å². The molecule has 0 fully saturated rings. The molecule has 0 saturated heterocycles. The van der Waals surface area contributed by atoms with Crippen LogP contribution in [-0.2, 0) is 4.74 Å². The first-order valence-corrected chi connectivity index (χ1v) is 7.68. The summed E-state index contributed by atoms with van der Waals surface area (Å²) in [7, 11) is 0. The highest BCUT2D eigenvalue weighted by Gasteiger charge is 2.23. The summed E-state index contributed by atoms with van der Waals surface area (Å²) in [5.74, 6) is 0. The number of hydrogen-bond donors (Lipinski definition) is 3. The van der Waals surface area contributed by atoms with Crippen LogP contribution in [0.25, 0.3) is 22.3 Å². The molecule has 0 amide bonds. The van der Waals surface area contributed by atoms with Crippen LogP contribution in [0, 0.1) is 11.3 Å². The summed E-state index contributed by atoms with van der Waals surface area (Å²) in [6.45, 7) is 1.97. The van der Waals surface area contributed by atoms with E-state index in [2.05, 4.69) is 9.97 Å². The Morgan fingerprint density at radius 1 is 1.42 bits per heavy atom. The Labute approximate surface area is 142 Å². The van der Waals surface area contributed by atoms with E-state index in [0.29, 0.717) is 16.9 Å². The summed E-state index contributed by atoms with van der Waals surface area (Å²) in [4.78, 5) is 19.0. The molecule has 0 aliphatic rings. The standard InChI is InChI=1S/C17H14ClN3O3/c1-2-24-17(23)13-15(12-4-3-7-20-12)21-14-9(16(13)22)5-6-11(18)10(14)8-19/h3-7,17,20,23H,2H2,1H3,(H,21,22). The third-order valence-corrected chi connectivity index (χ3v) is 4.03. The Morgan fingerprint density at radius 2 is 2.21 bits per heavy atom. The number of aromatic amines is 2. The molecule has 0 aliphatic carbocycles. The number of H-pyrrole nitrogens is 2. The van der Waals surface area contributed by atoms with Gasteiger partial charge in [0.05, 0.1) is 33.1 Å². The van der Waals surface area contributed by atoms with Gasteiger partial charge in [0.15, 0.2) is 11.7 Å². The van der Waals surface area contributed by atoms with E-state index >= 15 is 0 Å². The van der Waals surface area contributed by atoms with Crippen LogP contribution in [0.2, 0.25) is 5.02 Å². The van der Waals surface area contributed by atoms with E-state index in [9.17, 15) is 15.2 Å². The lowest BCUT2D eigenvalue weighted by Crippen LogP contribution is -2.19. The van der Waals surface area contributed by atoms with Gasteiger partial charge in [0.2, 0.25) is 0 Å². The fourth-order valence-electron chi connectivity index (χ4n) is 2.63. The van der Waals surface area contributed by atoms with E-state index in [0.717, 1.165) is 0 Å². The number of aliphatic hydroxyl groups excluding tert-OH is 1. The molecule has 3 N–H and O–H groups in total. The highest BCUT2D eigenvalue weighted by molar-refractivity contribution is 6.32. The van der Waals surface area contributed by atoms with E-state index < -0.39 is 11.7 Å². The molecular weight excluding hydrogens is 330 g/mol. The number of nitrogens with one attached hydrogen (secondary N) is 2. The van der Waals surface area contributed by atoms with Crippen molar-refractivity contribution in [2.24, 2.45) is 0 Å². The van der Waals surface area contributed by atoms with Gasteiger partial charge in [-0.2, -0.15) is 5.26 Å². The summed E-state index contributed by atoms with van der Waals surface area (Å²) < 4.78 is 5.21. The molecule has 0 aliphatic heterocycles. The molecule has 3 rings (SSSR count). The number of ether oxygens (including phenoxy) is 1. The summed E-state index contributed by atoms with van der Waals surface area (Å²) >= 11 is 6.06. The lowest BCUT2D eigenvalue weighted by atomic mass is 10.0. The van der Waals surface area contributed by atoms with Crippen molar-refractivity contribution in [3.63, 3.8) is 0 Å². The first-order valence-electron chi connectivity index (χ1n) is 7.30. The zero-order valence-electron chi connectivity index (χ0n) is 12.8. The van der Waals surface area contributed by atoms with Gasteiger partial charge in [-0.05, 0) is 31.2 Å². The van der Waals surface area contributed by atoms with E-state index in [1.54, 1.807) is 25.3 Å². The quantitative estimate of drug-likeness (QED) is 0.633. The minimum absolute atomic E-state index is 0.0815. The normalized spacial score (nSPS) is 12.2. The van der Waals surface area contributed by atoms with Crippen LogP contribution in [0.4, 0.5) is 0 Å². The number of pyridine rings is 1. The zero-order chi connectivity index (χ0) is 17.3. The van der Waals surface area contributed by atoms with Gasteiger partial charge < -0.3 is 19.8 Å². The van der Waals surface area contributed by atoms with Crippen molar-refractivity contribution in [1.29, 1.82) is 5.26 Å². The van der Waals surface area contributed by atoms with Crippen LogP contribution < -0.4 is 5.43 Å². The lowest BCUT2D eigenvalue weighted by molar-refractivity contribution is -0.0982. The summed E-state index contributed by atoms with van der Waals surface area (Å²) in [5, 5.41) is 20.1.